The van der Waals surface area contributed by atoms with Crippen LogP contribution in [0.1, 0.15) is 13.8 Å². The maximum atomic E-state index is 11.4. The highest BCUT2D eigenvalue weighted by molar-refractivity contribution is 7.51. The molecule has 0 aliphatic carbocycles. The zero-order chi connectivity index (χ0) is 11.2. The summed E-state index contributed by atoms with van der Waals surface area (Å²) in [6.07, 6.45) is 0. The highest BCUT2D eigenvalue weighted by Gasteiger charge is 2.19. The van der Waals surface area contributed by atoms with Crippen molar-refractivity contribution in [2.45, 2.75) is 13.8 Å². The molecule has 2 N–H and O–H groups in total. The van der Waals surface area contributed by atoms with Crippen molar-refractivity contribution in [3.05, 3.63) is 0 Å². The van der Waals surface area contributed by atoms with Crippen LogP contribution in [0.5, 0.6) is 0 Å². The lowest BCUT2D eigenvalue weighted by Gasteiger charge is -2.11. The molecule has 0 atom stereocenters. The minimum Gasteiger partial charge on any atom is -0.411 e. The summed E-state index contributed by atoms with van der Waals surface area (Å²) in [6, 6.07) is 0. The van der Waals surface area contributed by atoms with Crippen LogP contribution in [0.2, 0.25) is 0 Å². The van der Waals surface area contributed by atoms with Gasteiger partial charge in [-0.1, -0.05) is 5.16 Å². The smallest absolute Gasteiger partial charge is 0.411 e. The van der Waals surface area contributed by atoms with Crippen molar-refractivity contribution in [1.82, 2.24) is 5.20 Å². The Morgan fingerprint density at radius 2 is 1.79 bits per heavy atom. The number of hydrogen-bond acceptors (Lipinski definition) is 6. The maximum Gasteiger partial charge on any atom is 0.447 e. The van der Waals surface area contributed by atoms with Gasteiger partial charge in [-0.15, -0.1) is 0 Å². The monoisotopic (exact) mass is 223 g/mol. The summed E-state index contributed by atoms with van der Waals surface area (Å²) >= 11 is 0. The van der Waals surface area contributed by atoms with E-state index in [0.717, 1.165) is 0 Å². The second-order valence-electron chi connectivity index (χ2n) is 2.35. The number of nitrogens with one attached hydrogen (secondary N) is 1. The van der Waals surface area contributed by atoms with E-state index in [-0.39, 0.29) is 0 Å². The van der Waals surface area contributed by atoms with Crippen LogP contribution in [0.3, 0.4) is 0 Å². The van der Waals surface area contributed by atoms with Crippen molar-refractivity contribution < 1.29 is 18.8 Å². The molecule has 0 saturated carbocycles. The first-order valence-electron chi connectivity index (χ1n) is 3.71. The van der Waals surface area contributed by atoms with Gasteiger partial charge in [0.15, 0.2) is 0 Å². The predicted molar refractivity (Wildman–Crippen MR) is 52.8 cm³/mol. The van der Waals surface area contributed by atoms with Crippen molar-refractivity contribution in [2.24, 2.45) is 10.3 Å². The third-order valence-corrected chi connectivity index (χ3v) is 2.80. The summed E-state index contributed by atoms with van der Waals surface area (Å²) in [5.41, 5.74) is 0.679. The molecule has 0 heterocycles. The lowest BCUT2D eigenvalue weighted by atomic mass is 10.3. The summed E-state index contributed by atoms with van der Waals surface area (Å²) in [7, 11) is -0.897. The molecule has 0 rings (SSSR count). The molecule has 0 radical (unpaired) electrons. The lowest BCUT2D eigenvalue weighted by molar-refractivity contribution is 0.265. The first-order valence-corrected chi connectivity index (χ1v) is 5.25. The number of hydrazone groups is 1. The quantitative estimate of drug-likeness (QED) is 0.316. The largest absolute Gasteiger partial charge is 0.447 e. The average Bonchev–Trinajstić information content (AvgIpc) is 2.24. The van der Waals surface area contributed by atoms with Crippen LogP contribution in [-0.4, -0.2) is 30.9 Å². The maximum absolute atomic E-state index is 11.4. The highest BCUT2D eigenvalue weighted by Crippen LogP contribution is 2.41. The molecular formula is C6H14N3O4P. The second kappa shape index (κ2) is 5.74. The molecule has 0 fully saturated rings. The van der Waals surface area contributed by atoms with Crippen molar-refractivity contribution in [1.29, 1.82) is 0 Å². The first-order chi connectivity index (χ1) is 6.49. The predicted octanol–water partition coefficient (Wildman–Crippen LogP) is 1.20. The van der Waals surface area contributed by atoms with Gasteiger partial charge in [-0.2, -0.15) is 5.10 Å². The molecule has 0 aliphatic rings. The zero-order valence-corrected chi connectivity index (χ0v) is 9.41. The third-order valence-electron chi connectivity index (χ3n) is 1.49. The van der Waals surface area contributed by atoms with E-state index in [9.17, 15) is 4.57 Å². The van der Waals surface area contributed by atoms with Gasteiger partial charge in [0.05, 0.1) is 11.4 Å². The van der Waals surface area contributed by atoms with E-state index < -0.39 is 7.75 Å². The third kappa shape index (κ3) is 3.87. The number of hydrogen-bond donors (Lipinski definition) is 2. The summed E-state index contributed by atoms with van der Waals surface area (Å²) in [5, 5.41) is 17.2. The van der Waals surface area contributed by atoms with Gasteiger partial charge in [0.25, 0.3) is 0 Å². The van der Waals surface area contributed by atoms with Crippen molar-refractivity contribution in [3.63, 3.8) is 0 Å². The number of rotatable bonds is 5. The van der Waals surface area contributed by atoms with E-state index >= 15 is 0 Å². The molecular weight excluding hydrogens is 209 g/mol. The Morgan fingerprint density at radius 1 is 1.29 bits per heavy atom. The van der Waals surface area contributed by atoms with Gasteiger partial charge < -0.3 is 5.21 Å². The van der Waals surface area contributed by atoms with Crippen molar-refractivity contribution in [2.75, 3.05) is 14.2 Å². The highest BCUT2D eigenvalue weighted by atomic mass is 31.2. The molecule has 0 saturated heterocycles. The molecule has 0 unspecified atom stereocenters. The number of nitrogens with zero attached hydrogens (tertiary/aromatic N) is 2. The Labute approximate surface area is 82.4 Å². The van der Waals surface area contributed by atoms with Crippen LogP contribution in [0.15, 0.2) is 10.3 Å². The Hall–Kier alpha value is -0.910. The Balaban J connectivity index is 4.49. The summed E-state index contributed by atoms with van der Waals surface area (Å²) in [6.45, 7) is 3.13. The molecule has 0 amide bonds. The normalized spacial score (nSPS) is 14.3. The first kappa shape index (κ1) is 13.1. The topological polar surface area (TPSA) is 92.5 Å². The molecule has 0 aromatic heterocycles. The van der Waals surface area contributed by atoms with Gasteiger partial charge >= 0.3 is 7.75 Å². The standard InChI is InChI=1S/C6H14N3O4P/c1-5(6(2)8-10)7-9-14(11,12-3)13-4/h10H,1-4H3,(H,9,11)/b7-5+,8-6+. The van der Waals surface area contributed by atoms with Crippen LogP contribution in [-0.2, 0) is 13.6 Å². The van der Waals surface area contributed by atoms with E-state index in [0.29, 0.717) is 11.4 Å². The Kier molecular flexibility index (Phi) is 5.37. The molecule has 14 heavy (non-hydrogen) atoms. The number of oxime groups is 1. The molecule has 0 spiro atoms. The van der Waals surface area contributed by atoms with E-state index in [1.165, 1.54) is 14.2 Å². The molecule has 8 heteroatoms. The van der Waals surface area contributed by atoms with Crippen molar-refractivity contribution >= 4 is 19.2 Å². The van der Waals surface area contributed by atoms with Gasteiger partial charge in [0.1, 0.15) is 0 Å². The Bertz CT molecular complexity index is 281. The minimum atomic E-state index is -3.36. The SMILES string of the molecule is COP(=O)(N/N=C(C)/C(C)=N/O)OC. The fourth-order valence-corrected chi connectivity index (χ4v) is 1.03. The zero-order valence-electron chi connectivity index (χ0n) is 8.51. The van der Waals surface area contributed by atoms with Gasteiger partial charge in [0, 0.05) is 14.2 Å². The van der Waals surface area contributed by atoms with E-state index in [4.69, 9.17) is 5.21 Å². The van der Waals surface area contributed by atoms with Crippen LogP contribution >= 0.6 is 7.75 Å². The van der Waals surface area contributed by atoms with E-state index in [1.54, 1.807) is 13.8 Å². The average molecular weight is 223 g/mol. The van der Waals surface area contributed by atoms with Crippen LogP contribution in [0.25, 0.3) is 0 Å². The molecule has 0 bridgehead atoms. The fourth-order valence-electron chi connectivity index (χ4n) is 0.446. The second-order valence-corrected chi connectivity index (χ2v) is 4.27. The van der Waals surface area contributed by atoms with Crippen molar-refractivity contribution in [3.8, 4) is 0 Å². The van der Waals surface area contributed by atoms with Gasteiger partial charge in [0.2, 0.25) is 0 Å². The van der Waals surface area contributed by atoms with Crippen LogP contribution in [0.4, 0.5) is 0 Å². The molecule has 0 aromatic carbocycles. The van der Waals surface area contributed by atoms with Gasteiger partial charge in [-0.25, -0.2) is 9.76 Å². The van der Waals surface area contributed by atoms with Crippen LogP contribution in [0, 0.1) is 0 Å². The molecule has 0 aliphatic heterocycles. The lowest BCUT2D eigenvalue weighted by Crippen LogP contribution is -2.13. The molecule has 0 aromatic rings. The summed E-state index contributed by atoms with van der Waals surface area (Å²) in [4.78, 5) is 0. The summed E-state index contributed by atoms with van der Waals surface area (Å²) in [5.74, 6) is 0. The van der Waals surface area contributed by atoms with Gasteiger partial charge in [-0.3, -0.25) is 9.05 Å². The Morgan fingerprint density at radius 3 is 2.14 bits per heavy atom. The van der Waals surface area contributed by atoms with E-state index in [1.807, 2.05) is 0 Å². The van der Waals surface area contributed by atoms with Gasteiger partial charge in [-0.05, 0) is 13.8 Å². The van der Waals surface area contributed by atoms with Crippen LogP contribution < -0.4 is 5.20 Å². The summed E-state index contributed by atoms with van der Waals surface area (Å²) < 4.78 is 20.5. The minimum absolute atomic E-state index is 0.302. The van der Waals surface area contributed by atoms with E-state index in [2.05, 4.69) is 24.5 Å². The fraction of sp³-hybridized carbons (Fsp3) is 0.667. The molecule has 7 nitrogen and oxygen atoms in total. The molecule has 82 valence electrons.